The molecule has 0 bridgehead atoms. The van der Waals surface area contributed by atoms with Crippen molar-refractivity contribution in [2.75, 3.05) is 0 Å². The molecular weight excluding hydrogens is 204 g/mol. The molecule has 3 heteroatoms. The van der Waals surface area contributed by atoms with Gasteiger partial charge >= 0.3 is 5.63 Å². The first kappa shape index (κ1) is 8.97. The standard InChI is InChI=1S/C13H8O3/c1-2-10-12-9(5-6-15-12)7-8-3-4-11(14)16-13(8)10/h2-7H,1H2. The summed E-state index contributed by atoms with van der Waals surface area (Å²) in [5.41, 5.74) is 1.55. The van der Waals surface area contributed by atoms with Gasteiger partial charge in [0.15, 0.2) is 0 Å². The smallest absolute Gasteiger partial charge is 0.336 e. The van der Waals surface area contributed by atoms with E-state index in [1.54, 1.807) is 18.4 Å². The Morgan fingerprint density at radius 2 is 1.94 bits per heavy atom. The fraction of sp³-hybridized carbons (Fsp3) is 0. The lowest BCUT2D eigenvalue weighted by Crippen LogP contribution is -1.95. The first-order valence-corrected chi connectivity index (χ1v) is 4.86. The van der Waals surface area contributed by atoms with E-state index in [-0.39, 0.29) is 5.63 Å². The molecule has 78 valence electrons. The van der Waals surface area contributed by atoms with Crippen LogP contribution in [0.2, 0.25) is 0 Å². The molecule has 2 heterocycles. The Labute approximate surface area is 90.6 Å². The van der Waals surface area contributed by atoms with Gasteiger partial charge in [-0.25, -0.2) is 4.79 Å². The second-order valence-corrected chi connectivity index (χ2v) is 3.51. The molecule has 0 aliphatic carbocycles. The zero-order valence-electron chi connectivity index (χ0n) is 8.40. The van der Waals surface area contributed by atoms with Gasteiger partial charge in [0.2, 0.25) is 0 Å². The van der Waals surface area contributed by atoms with Crippen LogP contribution in [0.4, 0.5) is 0 Å². The largest absolute Gasteiger partial charge is 0.464 e. The molecule has 0 N–H and O–H groups in total. The lowest BCUT2D eigenvalue weighted by Gasteiger charge is -2.01. The molecule has 0 atom stereocenters. The van der Waals surface area contributed by atoms with E-state index in [0.717, 1.165) is 16.3 Å². The summed E-state index contributed by atoms with van der Waals surface area (Å²) in [6.45, 7) is 3.72. The zero-order chi connectivity index (χ0) is 11.1. The number of hydrogen-bond acceptors (Lipinski definition) is 3. The minimum absolute atomic E-state index is 0.374. The second-order valence-electron chi connectivity index (χ2n) is 3.51. The van der Waals surface area contributed by atoms with Gasteiger partial charge in [0.25, 0.3) is 0 Å². The van der Waals surface area contributed by atoms with Crippen LogP contribution in [0.3, 0.4) is 0 Å². The molecule has 0 saturated heterocycles. The van der Waals surface area contributed by atoms with Crippen LogP contribution in [0.25, 0.3) is 28.0 Å². The van der Waals surface area contributed by atoms with E-state index in [1.807, 2.05) is 12.1 Å². The van der Waals surface area contributed by atoms with Crippen LogP contribution in [-0.2, 0) is 0 Å². The highest BCUT2D eigenvalue weighted by molar-refractivity contribution is 6.01. The monoisotopic (exact) mass is 212 g/mol. The minimum atomic E-state index is -0.374. The number of hydrogen-bond donors (Lipinski definition) is 0. The van der Waals surface area contributed by atoms with Crippen LogP contribution >= 0.6 is 0 Å². The Bertz CT molecular complexity index is 747. The maximum atomic E-state index is 11.2. The SMILES string of the molecule is C=Cc1c2occc2cc2ccc(=O)oc12. The van der Waals surface area contributed by atoms with Crippen molar-refractivity contribution in [3.05, 3.63) is 53.1 Å². The van der Waals surface area contributed by atoms with Crippen molar-refractivity contribution in [1.82, 2.24) is 0 Å². The molecule has 0 aliphatic heterocycles. The van der Waals surface area contributed by atoms with E-state index in [1.165, 1.54) is 6.07 Å². The van der Waals surface area contributed by atoms with E-state index < -0.39 is 0 Å². The predicted octanol–water partition coefficient (Wildman–Crippen LogP) is 3.18. The third-order valence-electron chi connectivity index (χ3n) is 2.56. The minimum Gasteiger partial charge on any atom is -0.464 e. The summed E-state index contributed by atoms with van der Waals surface area (Å²) in [6.07, 6.45) is 3.24. The Morgan fingerprint density at radius 1 is 1.12 bits per heavy atom. The summed E-state index contributed by atoms with van der Waals surface area (Å²) in [4.78, 5) is 11.2. The maximum absolute atomic E-state index is 11.2. The van der Waals surface area contributed by atoms with Gasteiger partial charge in [-0.3, -0.25) is 0 Å². The Hall–Kier alpha value is -2.29. The molecule has 0 radical (unpaired) electrons. The number of rotatable bonds is 1. The van der Waals surface area contributed by atoms with Crippen LogP contribution in [-0.4, -0.2) is 0 Å². The van der Waals surface area contributed by atoms with Crippen LogP contribution < -0.4 is 5.63 Å². The first-order valence-electron chi connectivity index (χ1n) is 4.86. The highest BCUT2D eigenvalue weighted by Gasteiger charge is 2.09. The normalized spacial score (nSPS) is 11.0. The first-order chi connectivity index (χ1) is 7.79. The predicted molar refractivity (Wildman–Crippen MR) is 62.3 cm³/mol. The van der Waals surface area contributed by atoms with Crippen molar-refractivity contribution in [2.24, 2.45) is 0 Å². The molecule has 0 fully saturated rings. The van der Waals surface area contributed by atoms with Gasteiger partial charge in [-0.2, -0.15) is 0 Å². The molecule has 0 amide bonds. The fourth-order valence-corrected chi connectivity index (χ4v) is 1.86. The molecular formula is C13H8O3. The lowest BCUT2D eigenvalue weighted by molar-refractivity contribution is 0.558. The van der Waals surface area contributed by atoms with Crippen LogP contribution in [0.15, 0.2) is 50.7 Å². The topological polar surface area (TPSA) is 43.4 Å². The van der Waals surface area contributed by atoms with Crippen molar-refractivity contribution in [2.45, 2.75) is 0 Å². The lowest BCUT2D eigenvalue weighted by atomic mass is 10.1. The summed E-state index contributed by atoms with van der Waals surface area (Å²) in [7, 11) is 0. The highest BCUT2D eigenvalue weighted by atomic mass is 16.4. The van der Waals surface area contributed by atoms with Crippen LogP contribution in [0, 0.1) is 0 Å². The summed E-state index contributed by atoms with van der Waals surface area (Å²) in [5.74, 6) is 0. The van der Waals surface area contributed by atoms with Gasteiger partial charge in [-0.1, -0.05) is 12.7 Å². The van der Waals surface area contributed by atoms with Gasteiger partial charge in [0.1, 0.15) is 11.2 Å². The molecule has 0 aliphatic rings. The zero-order valence-corrected chi connectivity index (χ0v) is 8.40. The van der Waals surface area contributed by atoms with Crippen molar-refractivity contribution in [1.29, 1.82) is 0 Å². The molecule has 0 saturated carbocycles. The number of furan rings is 1. The van der Waals surface area contributed by atoms with E-state index in [9.17, 15) is 4.79 Å². The average Bonchev–Trinajstić information content (AvgIpc) is 2.73. The molecule has 0 spiro atoms. The summed E-state index contributed by atoms with van der Waals surface area (Å²) in [5, 5.41) is 1.83. The van der Waals surface area contributed by atoms with E-state index >= 15 is 0 Å². The Balaban J connectivity index is 2.65. The molecule has 3 rings (SSSR count). The number of fused-ring (bicyclic) bond motifs is 2. The Morgan fingerprint density at radius 3 is 2.75 bits per heavy atom. The van der Waals surface area contributed by atoms with Crippen molar-refractivity contribution < 1.29 is 8.83 Å². The second kappa shape index (κ2) is 3.10. The van der Waals surface area contributed by atoms with Gasteiger partial charge in [0.05, 0.1) is 11.8 Å². The third-order valence-corrected chi connectivity index (χ3v) is 2.56. The maximum Gasteiger partial charge on any atom is 0.336 e. The van der Waals surface area contributed by atoms with Crippen LogP contribution in [0.1, 0.15) is 5.56 Å². The van der Waals surface area contributed by atoms with Crippen LogP contribution in [0.5, 0.6) is 0 Å². The number of benzene rings is 1. The highest BCUT2D eigenvalue weighted by Crippen LogP contribution is 2.28. The molecule has 3 nitrogen and oxygen atoms in total. The van der Waals surface area contributed by atoms with E-state index in [0.29, 0.717) is 11.2 Å². The molecule has 2 aromatic heterocycles. The van der Waals surface area contributed by atoms with Crippen molar-refractivity contribution >= 4 is 28.0 Å². The summed E-state index contributed by atoms with van der Waals surface area (Å²) >= 11 is 0. The van der Waals surface area contributed by atoms with Crippen molar-refractivity contribution in [3.63, 3.8) is 0 Å². The molecule has 16 heavy (non-hydrogen) atoms. The molecule has 0 unspecified atom stereocenters. The van der Waals surface area contributed by atoms with Gasteiger partial charge in [-0.15, -0.1) is 0 Å². The summed E-state index contributed by atoms with van der Waals surface area (Å²) in [6, 6.07) is 6.93. The average molecular weight is 212 g/mol. The van der Waals surface area contributed by atoms with E-state index in [4.69, 9.17) is 8.83 Å². The van der Waals surface area contributed by atoms with Gasteiger partial charge in [-0.05, 0) is 18.2 Å². The van der Waals surface area contributed by atoms with Crippen molar-refractivity contribution in [3.8, 4) is 0 Å². The third kappa shape index (κ3) is 1.11. The summed E-state index contributed by atoms with van der Waals surface area (Å²) < 4.78 is 10.5. The Kier molecular flexibility index (Phi) is 1.74. The molecule has 1 aromatic carbocycles. The van der Waals surface area contributed by atoms with Gasteiger partial charge < -0.3 is 8.83 Å². The van der Waals surface area contributed by atoms with Gasteiger partial charge in [0, 0.05) is 16.8 Å². The quantitative estimate of drug-likeness (QED) is 0.582. The molecule has 3 aromatic rings. The van der Waals surface area contributed by atoms with E-state index in [2.05, 4.69) is 6.58 Å². The fourth-order valence-electron chi connectivity index (χ4n) is 1.86.